The number of methoxy groups -OCH3 is 3. The van der Waals surface area contributed by atoms with E-state index in [-0.39, 0.29) is 13.2 Å². The quantitative estimate of drug-likeness (QED) is 0.0929. The molecule has 0 aromatic heterocycles. The van der Waals surface area contributed by atoms with Crippen molar-refractivity contribution in [3.05, 3.63) is 132 Å². The Morgan fingerprint density at radius 2 is 1.16 bits per heavy atom. The summed E-state index contributed by atoms with van der Waals surface area (Å²) >= 11 is 0. The molecule has 0 radical (unpaired) electrons. The summed E-state index contributed by atoms with van der Waals surface area (Å²) in [4.78, 5) is 16.4. The predicted octanol–water partition coefficient (Wildman–Crippen LogP) is 7.27. The third-order valence-electron chi connectivity index (χ3n) is 10.9. The summed E-state index contributed by atoms with van der Waals surface area (Å²) in [6, 6.07) is 37.0. The highest BCUT2D eigenvalue weighted by atomic mass is 31.2. The van der Waals surface area contributed by atoms with Crippen molar-refractivity contribution >= 4 is 46.0 Å². The number of esters is 1. The van der Waals surface area contributed by atoms with E-state index in [0.717, 1.165) is 55.3 Å². The molecule has 5 aromatic carbocycles. The molecule has 0 amide bonds. The predicted molar refractivity (Wildman–Crippen MR) is 244 cm³/mol. The minimum atomic E-state index is -3.42. The number of fused-ring (bicyclic) bond motifs is 1. The van der Waals surface area contributed by atoms with E-state index < -0.39 is 13.1 Å². The normalized spacial score (nSPS) is 17.7. The molecule has 1 fully saturated rings. The van der Waals surface area contributed by atoms with Crippen LogP contribution in [0, 0.1) is 0 Å². The summed E-state index contributed by atoms with van der Waals surface area (Å²) in [6.07, 6.45) is 0. The van der Waals surface area contributed by atoms with Crippen molar-refractivity contribution in [1.29, 1.82) is 0 Å². The van der Waals surface area contributed by atoms with Crippen molar-refractivity contribution in [2.75, 3.05) is 110 Å². The van der Waals surface area contributed by atoms with Gasteiger partial charge in [0.25, 0.3) is 0 Å². The maximum Gasteiger partial charge on any atom is 0.344 e. The van der Waals surface area contributed by atoms with Crippen molar-refractivity contribution in [2.45, 2.75) is 6.92 Å². The first-order chi connectivity index (χ1) is 30.4. The standard InChI is InChI=1S/C49H55N2O10P/c1-5-60-47(52)35-61-38-18-15-36(16-19-38)48-41-13-9-10-14-46(41)62(53,40-11-7-6-8-12-40)49(48)37-17-21-42(44(33-37)55-3)50-23-27-57-28-24-51(26-30-59-32-31-58-29-25-50)43-22-20-39(54-2)34-45(43)56-4/h6-22,33-34H,5,23-32,35H2,1-4H3. The van der Waals surface area contributed by atoms with Crippen molar-refractivity contribution in [1.82, 2.24) is 0 Å². The Bertz CT molecular complexity index is 2350. The highest BCUT2D eigenvalue weighted by molar-refractivity contribution is 7.88. The summed E-state index contributed by atoms with van der Waals surface area (Å²) in [5, 5.41) is 2.23. The number of hydrogen-bond acceptors (Lipinski definition) is 12. The number of nitrogens with zero attached hydrogens (tertiary/aromatic N) is 2. The largest absolute Gasteiger partial charge is 0.497 e. The SMILES string of the molecule is CCOC(=O)COc1ccc(C2=C(c3ccc(N4CCOCCOCCN(c5ccc(OC)cc5OC)CCOCC4)c(OC)c3)P(=O)(c3ccccc3)c3ccccc32)cc1. The molecule has 13 heteroatoms. The summed E-state index contributed by atoms with van der Waals surface area (Å²) in [7, 11) is 1.53. The second-order valence-corrected chi connectivity index (χ2v) is 17.2. The molecule has 2 aliphatic heterocycles. The van der Waals surface area contributed by atoms with E-state index >= 15 is 4.57 Å². The van der Waals surface area contributed by atoms with Gasteiger partial charge in [0.2, 0.25) is 0 Å². The first-order valence-electron chi connectivity index (χ1n) is 20.9. The van der Waals surface area contributed by atoms with Crippen LogP contribution in [0.4, 0.5) is 11.4 Å². The van der Waals surface area contributed by atoms with Gasteiger partial charge in [-0.25, -0.2) is 4.79 Å². The lowest BCUT2D eigenvalue weighted by molar-refractivity contribution is -0.145. The molecule has 0 N–H and O–H groups in total. The van der Waals surface area contributed by atoms with Crippen molar-refractivity contribution in [3.63, 3.8) is 0 Å². The highest BCUT2D eigenvalue weighted by Crippen LogP contribution is 2.65. The Morgan fingerprint density at radius 1 is 0.613 bits per heavy atom. The first kappa shape index (κ1) is 44.3. The molecule has 62 heavy (non-hydrogen) atoms. The van der Waals surface area contributed by atoms with E-state index in [9.17, 15) is 4.79 Å². The number of carbonyl (C=O) groups is 1. The van der Waals surface area contributed by atoms with E-state index in [0.29, 0.717) is 83.1 Å². The molecule has 1 unspecified atom stereocenters. The van der Waals surface area contributed by atoms with Crippen molar-refractivity contribution in [3.8, 4) is 23.0 Å². The Balaban J connectivity index is 1.20. The molecule has 0 spiro atoms. The highest BCUT2D eigenvalue weighted by Gasteiger charge is 2.43. The van der Waals surface area contributed by atoms with Gasteiger partial charge in [0.1, 0.15) is 23.0 Å². The molecular formula is C49H55N2O10P. The van der Waals surface area contributed by atoms with Crippen LogP contribution < -0.4 is 39.4 Å². The van der Waals surface area contributed by atoms with Crippen molar-refractivity contribution in [2.24, 2.45) is 0 Å². The molecule has 7 rings (SSSR count). The number of ether oxygens (including phenoxy) is 8. The van der Waals surface area contributed by atoms with Gasteiger partial charge in [0, 0.05) is 53.7 Å². The third-order valence-corrected chi connectivity index (χ3v) is 14.1. The zero-order valence-electron chi connectivity index (χ0n) is 35.9. The lowest BCUT2D eigenvalue weighted by Gasteiger charge is -2.28. The fraction of sp³-hybridized carbons (Fsp3) is 0.327. The molecule has 5 aromatic rings. The average Bonchev–Trinajstić information content (AvgIpc) is 3.58. The fourth-order valence-electron chi connectivity index (χ4n) is 7.91. The monoisotopic (exact) mass is 862 g/mol. The smallest absolute Gasteiger partial charge is 0.344 e. The van der Waals surface area contributed by atoms with E-state index in [1.807, 2.05) is 115 Å². The van der Waals surface area contributed by atoms with Gasteiger partial charge < -0.3 is 52.3 Å². The fourth-order valence-corrected chi connectivity index (χ4v) is 11.2. The topological polar surface area (TPSA) is 114 Å². The van der Waals surface area contributed by atoms with E-state index in [2.05, 4.69) is 9.80 Å². The molecule has 1 saturated heterocycles. The minimum absolute atomic E-state index is 0.193. The van der Waals surface area contributed by atoms with Gasteiger partial charge in [-0.1, -0.05) is 72.8 Å². The average molecular weight is 863 g/mol. The molecular weight excluding hydrogens is 808 g/mol. The van der Waals surface area contributed by atoms with Crippen LogP contribution in [0.15, 0.2) is 115 Å². The molecule has 2 aliphatic rings. The molecule has 2 heterocycles. The Hall–Kier alpha value is -5.78. The number of rotatable bonds is 12. The van der Waals surface area contributed by atoms with E-state index in [1.165, 1.54) is 0 Å². The molecule has 0 saturated carbocycles. The molecule has 12 nitrogen and oxygen atoms in total. The number of carbonyl (C=O) groups excluding carboxylic acids is 1. The van der Waals surface area contributed by atoms with Gasteiger partial charge >= 0.3 is 5.97 Å². The molecule has 1 atom stereocenters. The number of anilines is 2. The van der Waals surface area contributed by atoms with Crippen LogP contribution in [-0.4, -0.2) is 106 Å². The van der Waals surface area contributed by atoms with Gasteiger partial charge in [0.15, 0.2) is 13.7 Å². The lowest BCUT2D eigenvalue weighted by atomic mass is 9.95. The van der Waals surface area contributed by atoms with Gasteiger partial charge in [-0.2, -0.15) is 0 Å². The van der Waals surface area contributed by atoms with Gasteiger partial charge in [-0.05, 0) is 60.0 Å². The van der Waals surface area contributed by atoms with Crippen LogP contribution in [-0.2, 0) is 28.3 Å². The van der Waals surface area contributed by atoms with Crippen LogP contribution in [0.1, 0.15) is 23.6 Å². The number of hydrogen-bond donors (Lipinski definition) is 0. The van der Waals surface area contributed by atoms with Crippen LogP contribution in [0.2, 0.25) is 0 Å². The Kier molecular flexibility index (Phi) is 15.2. The van der Waals surface area contributed by atoms with Crippen molar-refractivity contribution < 1.29 is 47.3 Å². The summed E-state index contributed by atoms with van der Waals surface area (Å²) in [6.45, 7) is 7.15. The maximum absolute atomic E-state index is 16.1. The van der Waals surface area contributed by atoms with E-state index in [1.54, 1.807) is 28.3 Å². The Labute approximate surface area is 364 Å². The van der Waals surface area contributed by atoms with Gasteiger partial charge in [-0.15, -0.1) is 0 Å². The minimum Gasteiger partial charge on any atom is -0.497 e. The second kappa shape index (κ2) is 21.3. The zero-order chi connectivity index (χ0) is 43.3. The van der Waals surface area contributed by atoms with Crippen LogP contribution in [0.5, 0.6) is 23.0 Å². The summed E-state index contributed by atoms with van der Waals surface area (Å²) in [5.41, 5.74) is 5.20. The molecule has 326 valence electrons. The summed E-state index contributed by atoms with van der Waals surface area (Å²) < 4.78 is 62.5. The second-order valence-electron chi connectivity index (χ2n) is 14.5. The first-order valence-corrected chi connectivity index (χ1v) is 22.6. The lowest BCUT2D eigenvalue weighted by Crippen LogP contribution is -2.33. The van der Waals surface area contributed by atoms with Crippen LogP contribution in [0.25, 0.3) is 10.9 Å². The maximum atomic E-state index is 16.1. The molecule has 0 bridgehead atoms. The van der Waals surface area contributed by atoms with Gasteiger partial charge in [-0.3, -0.25) is 0 Å². The van der Waals surface area contributed by atoms with Gasteiger partial charge in [0.05, 0.1) is 79.0 Å². The summed E-state index contributed by atoms with van der Waals surface area (Å²) in [5.74, 6) is 2.16. The van der Waals surface area contributed by atoms with E-state index in [4.69, 9.17) is 37.9 Å². The zero-order valence-corrected chi connectivity index (χ0v) is 36.8. The van der Waals surface area contributed by atoms with Crippen LogP contribution >= 0.6 is 7.14 Å². The number of benzene rings is 5. The Morgan fingerprint density at radius 3 is 1.77 bits per heavy atom. The third kappa shape index (κ3) is 9.95. The van der Waals surface area contributed by atoms with Crippen LogP contribution in [0.3, 0.4) is 0 Å². The molecule has 0 aliphatic carbocycles.